The summed E-state index contributed by atoms with van der Waals surface area (Å²) in [6.45, 7) is 9.59. The van der Waals surface area contributed by atoms with Gasteiger partial charge < -0.3 is 10.1 Å². The van der Waals surface area contributed by atoms with E-state index in [0.29, 0.717) is 0 Å². The Morgan fingerprint density at radius 3 is 2.52 bits per heavy atom. The van der Waals surface area contributed by atoms with Crippen LogP contribution in [0.5, 0.6) is 0 Å². The van der Waals surface area contributed by atoms with E-state index in [1.807, 2.05) is 39.1 Å². The molecule has 2 unspecified atom stereocenters. The summed E-state index contributed by atoms with van der Waals surface area (Å²) in [5.74, 6) is -1.50. The molecule has 0 saturated heterocycles. The van der Waals surface area contributed by atoms with Crippen molar-refractivity contribution in [2.24, 2.45) is 11.3 Å². The maximum atomic E-state index is 12.4. The molecule has 1 amide bonds. The summed E-state index contributed by atoms with van der Waals surface area (Å²) in [5.41, 5.74) is 0.717. The number of rotatable bonds is 6. The zero-order valence-corrected chi connectivity index (χ0v) is 14.3. The molecule has 4 nitrogen and oxygen atoms in total. The number of ether oxygens (including phenoxy) is 1. The summed E-state index contributed by atoms with van der Waals surface area (Å²) >= 11 is 1.64. The molecule has 1 aromatic rings. The Bertz CT molecular complexity index is 462. The molecule has 0 aliphatic heterocycles. The molecule has 5 heteroatoms. The highest BCUT2D eigenvalue weighted by Crippen LogP contribution is 2.27. The van der Waals surface area contributed by atoms with Crippen LogP contribution >= 0.6 is 11.3 Å². The van der Waals surface area contributed by atoms with Crippen LogP contribution in [0.25, 0.3) is 0 Å². The third-order valence-electron chi connectivity index (χ3n) is 3.16. The second-order valence-corrected chi connectivity index (χ2v) is 7.08. The van der Waals surface area contributed by atoms with Gasteiger partial charge >= 0.3 is 5.97 Å². The van der Waals surface area contributed by atoms with Crippen molar-refractivity contribution in [3.05, 3.63) is 22.4 Å². The average molecular weight is 311 g/mol. The van der Waals surface area contributed by atoms with E-state index in [0.717, 1.165) is 6.42 Å². The first kappa shape index (κ1) is 17.7. The van der Waals surface area contributed by atoms with Gasteiger partial charge in [-0.25, -0.2) is 0 Å². The Hall–Kier alpha value is -1.36. The van der Waals surface area contributed by atoms with Crippen molar-refractivity contribution in [2.45, 2.75) is 47.1 Å². The molecule has 21 heavy (non-hydrogen) atoms. The second-order valence-electron chi connectivity index (χ2n) is 6.30. The zero-order chi connectivity index (χ0) is 16.0. The second kappa shape index (κ2) is 7.59. The Kier molecular flexibility index (Phi) is 6.40. The van der Waals surface area contributed by atoms with Crippen molar-refractivity contribution in [3.8, 4) is 0 Å². The fraction of sp³-hybridized carbons (Fsp3) is 0.625. The summed E-state index contributed by atoms with van der Waals surface area (Å²) < 4.78 is 5.04. The van der Waals surface area contributed by atoms with Crippen LogP contribution in [0.1, 0.15) is 40.2 Å². The fourth-order valence-corrected chi connectivity index (χ4v) is 2.90. The molecular formula is C16H25NO3S. The Labute approximate surface area is 130 Å². The highest BCUT2D eigenvalue weighted by Gasteiger charge is 2.39. The minimum Gasteiger partial charge on any atom is -0.465 e. The summed E-state index contributed by atoms with van der Waals surface area (Å²) in [6, 6.07) is 2.02. The average Bonchev–Trinajstić information content (AvgIpc) is 2.79. The third-order valence-corrected chi connectivity index (χ3v) is 3.89. The van der Waals surface area contributed by atoms with Gasteiger partial charge in [0.25, 0.3) is 0 Å². The van der Waals surface area contributed by atoms with E-state index >= 15 is 0 Å². The van der Waals surface area contributed by atoms with Gasteiger partial charge in [-0.3, -0.25) is 9.59 Å². The van der Waals surface area contributed by atoms with E-state index in [2.05, 4.69) is 10.7 Å². The van der Waals surface area contributed by atoms with Gasteiger partial charge in [-0.1, -0.05) is 20.8 Å². The number of hydrogen-bond acceptors (Lipinski definition) is 4. The number of carbonyl (C=O) groups is 2. The topological polar surface area (TPSA) is 55.4 Å². The predicted molar refractivity (Wildman–Crippen MR) is 85.2 cm³/mol. The number of thiophene rings is 1. The minimum atomic E-state index is -0.789. The largest absolute Gasteiger partial charge is 0.465 e. The van der Waals surface area contributed by atoms with Crippen molar-refractivity contribution in [3.63, 3.8) is 0 Å². The van der Waals surface area contributed by atoms with E-state index in [1.165, 1.54) is 5.56 Å². The van der Waals surface area contributed by atoms with Crippen molar-refractivity contribution in [1.82, 2.24) is 5.32 Å². The molecule has 118 valence electrons. The fourth-order valence-electron chi connectivity index (χ4n) is 2.22. The molecule has 0 saturated carbocycles. The van der Waals surface area contributed by atoms with E-state index in [4.69, 9.17) is 4.74 Å². The van der Waals surface area contributed by atoms with Crippen molar-refractivity contribution >= 4 is 23.2 Å². The Morgan fingerprint density at radius 1 is 1.38 bits per heavy atom. The third kappa shape index (κ3) is 5.50. The first-order valence-corrected chi connectivity index (χ1v) is 8.18. The monoisotopic (exact) mass is 311 g/mol. The van der Waals surface area contributed by atoms with Crippen LogP contribution in [0.2, 0.25) is 0 Å². The number of carbonyl (C=O) groups excluding carboxylic acids is 2. The number of esters is 1. The first-order chi connectivity index (χ1) is 9.75. The number of hydrogen-bond donors (Lipinski definition) is 1. The smallest absolute Gasteiger partial charge is 0.319 e. The molecule has 2 atom stereocenters. The molecule has 0 fully saturated rings. The lowest BCUT2D eigenvalue weighted by atomic mass is 9.80. The van der Waals surface area contributed by atoms with Crippen molar-refractivity contribution in [1.29, 1.82) is 0 Å². The summed E-state index contributed by atoms with van der Waals surface area (Å²) in [5, 5.41) is 7.01. The molecule has 0 aliphatic carbocycles. The van der Waals surface area contributed by atoms with Gasteiger partial charge in [0.2, 0.25) is 5.91 Å². The molecule has 1 N–H and O–H groups in total. The van der Waals surface area contributed by atoms with Crippen LogP contribution in [0.3, 0.4) is 0 Å². The van der Waals surface area contributed by atoms with Crippen LogP contribution in [-0.4, -0.2) is 24.5 Å². The van der Waals surface area contributed by atoms with Crippen LogP contribution in [0.4, 0.5) is 0 Å². The van der Waals surface area contributed by atoms with Crippen LogP contribution in [0.15, 0.2) is 16.8 Å². The lowest BCUT2D eigenvalue weighted by Gasteiger charge is -2.28. The summed E-state index contributed by atoms with van der Waals surface area (Å²) in [6.07, 6.45) is 0.759. The highest BCUT2D eigenvalue weighted by atomic mass is 32.1. The summed E-state index contributed by atoms with van der Waals surface area (Å²) in [4.78, 5) is 24.5. The zero-order valence-electron chi connectivity index (χ0n) is 13.4. The minimum absolute atomic E-state index is 0.0219. The van der Waals surface area contributed by atoms with Gasteiger partial charge in [0.1, 0.15) is 5.92 Å². The molecule has 1 heterocycles. The molecule has 1 rings (SSSR count). The Morgan fingerprint density at radius 2 is 2.05 bits per heavy atom. The van der Waals surface area contributed by atoms with E-state index in [1.54, 1.807) is 18.3 Å². The predicted octanol–water partition coefficient (Wildman–Crippen LogP) is 3.02. The molecule has 0 spiro atoms. The standard InChI is InChI=1S/C16H25NO3S/c1-6-20-15(19)13(16(3,4)5)14(18)17-11(2)9-12-7-8-21-10-12/h7-8,10-11,13H,6,9H2,1-5H3,(H,17,18). The Balaban J connectivity index is 2.70. The van der Waals surface area contributed by atoms with Gasteiger partial charge in [-0.05, 0) is 48.1 Å². The molecule has 0 bridgehead atoms. The lowest BCUT2D eigenvalue weighted by Crippen LogP contribution is -2.46. The maximum Gasteiger partial charge on any atom is 0.319 e. The quantitative estimate of drug-likeness (QED) is 0.649. The van der Waals surface area contributed by atoms with Gasteiger partial charge in [0.05, 0.1) is 6.61 Å². The van der Waals surface area contributed by atoms with Crippen molar-refractivity contribution < 1.29 is 14.3 Å². The number of nitrogens with one attached hydrogen (secondary N) is 1. The normalized spacial score (nSPS) is 14.3. The number of amides is 1. The van der Waals surface area contributed by atoms with Crippen LogP contribution in [0, 0.1) is 11.3 Å². The molecule has 0 radical (unpaired) electrons. The molecule has 0 aliphatic rings. The van der Waals surface area contributed by atoms with Crippen molar-refractivity contribution in [2.75, 3.05) is 6.61 Å². The molecule has 1 aromatic heterocycles. The molecular weight excluding hydrogens is 286 g/mol. The lowest BCUT2D eigenvalue weighted by molar-refractivity contribution is -0.156. The van der Waals surface area contributed by atoms with E-state index in [9.17, 15) is 9.59 Å². The van der Waals surface area contributed by atoms with Crippen LogP contribution < -0.4 is 5.32 Å². The van der Waals surface area contributed by atoms with Gasteiger partial charge in [0, 0.05) is 6.04 Å². The molecule has 0 aromatic carbocycles. The SMILES string of the molecule is CCOC(=O)C(C(=O)NC(C)Cc1ccsc1)C(C)(C)C. The summed E-state index contributed by atoms with van der Waals surface area (Å²) in [7, 11) is 0. The van der Waals surface area contributed by atoms with Crippen LogP contribution in [-0.2, 0) is 20.7 Å². The van der Waals surface area contributed by atoms with E-state index in [-0.39, 0.29) is 18.6 Å². The van der Waals surface area contributed by atoms with Gasteiger partial charge in [-0.2, -0.15) is 11.3 Å². The maximum absolute atomic E-state index is 12.4. The van der Waals surface area contributed by atoms with E-state index < -0.39 is 17.3 Å². The van der Waals surface area contributed by atoms with Gasteiger partial charge in [-0.15, -0.1) is 0 Å². The first-order valence-electron chi connectivity index (χ1n) is 7.23. The highest BCUT2D eigenvalue weighted by molar-refractivity contribution is 7.07. The van der Waals surface area contributed by atoms with Gasteiger partial charge in [0.15, 0.2) is 0 Å².